The number of pyridine rings is 2. The molecule has 2 aromatic rings. The summed E-state index contributed by atoms with van der Waals surface area (Å²) in [7, 11) is 0. The summed E-state index contributed by atoms with van der Waals surface area (Å²) in [6.45, 7) is 6.98. The first-order valence-corrected chi connectivity index (χ1v) is 18.4. The zero-order valence-electron chi connectivity index (χ0n) is 16.8. The van der Waals surface area contributed by atoms with E-state index < -0.39 is 18.4 Å². The number of nitrogens with zero attached hydrogens (tertiary/aromatic N) is 2. The molecule has 144 valence electrons. The molecule has 0 aromatic carbocycles. The van der Waals surface area contributed by atoms with Crippen LogP contribution < -0.4 is 3.71 Å². The van der Waals surface area contributed by atoms with Gasteiger partial charge in [0.25, 0.3) is 0 Å². The Balaban J connectivity index is 0.000000401. The van der Waals surface area contributed by atoms with Crippen LogP contribution in [0.5, 0.6) is 0 Å². The Hall–Kier alpha value is -0.421. The van der Waals surface area contributed by atoms with E-state index in [0.29, 0.717) is 0 Å². The first-order valence-electron chi connectivity index (χ1n) is 10.2. The second-order valence-electron chi connectivity index (χ2n) is 6.96. The molecule has 0 radical (unpaired) electrons. The van der Waals surface area contributed by atoms with Gasteiger partial charge in [-0.05, 0) is 28.1 Å². The minimum atomic E-state index is -2.21. The van der Waals surface area contributed by atoms with Crippen LogP contribution in [0.4, 0.5) is 0 Å². The molecule has 2 rings (SSSR count). The molecule has 2 aromatic heterocycles. The summed E-state index contributed by atoms with van der Waals surface area (Å²) < 4.78 is 6.98. The van der Waals surface area contributed by atoms with E-state index in [0.717, 1.165) is 4.60 Å². The van der Waals surface area contributed by atoms with Crippen molar-refractivity contribution in [3.05, 3.63) is 53.4 Å². The van der Waals surface area contributed by atoms with Gasteiger partial charge in [0, 0.05) is 6.20 Å². The molecule has 0 atom stereocenters. The van der Waals surface area contributed by atoms with E-state index >= 15 is 0 Å². The molecule has 0 N–H and O–H groups in total. The summed E-state index contributed by atoms with van der Waals surface area (Å²) in [5.74, 6) is 0. The number of hydrogen-bond acceptors (Lipinski definition) is 2. The van der Waals surface area contributed by atoms with Crippen molar-refractivity contribution in [3.63, 3.8) is 0 Å². The Morgan fingerprint density at radius 2 is 1.23 bits per heavy atom. The molecule has 2 nitrogen and oxygen atoms in total. The molecular weight excluding hydrogens is 491 g/mol. The van der Waals surface area contributed by atoms with Crippen LogP contribution in [0.15, 0.2) is 53.4 Å². The first-order chi connectivity index (χ1) is 12.7. The van der Waals surface area contributed by atoms with Crippen LogP contribution in [0.1, 0.15) is 59.3 Å². The van der Waals surface area contributed by atoms with E-state index in [4.69, 9.17) is 4.98 Å². The van der Waals surface area contributed by atoms with Crippen molar-refractivity contribution in [1.29, 1.82) is 0 Å². The van der Waals surface area contributed by atoms with E-state index in [1.54, 1.807) is 9.91 Å². The van der Waals surface area contributed by atoms with Crippen molar-refractivity contribution in [3.8, 4) is 0 Å². The Morgan fingerprint density at radius 3 is 1.54 bits per heavy atom. The van der Waals surface area contributed by atoms with Gasteiger partial charge < -0.3 is 0 Å². The quantitative estimate of drug-likeness (QED) is 0.247. The molecule has 0 saturated carbocycles. The van der Waals surface area contributed by atoms with Gasteiger partial charge in [0.15, 0.2) is 0 Å². The van der Waals surface area contributed by atoms with Crippen LogP contribution >= 0.6 is 15.9 Å². The zero-order valence-corrected chi connectivity index (χ0v) is 21.2. The molecule has 4 heteroatoms. The molecule has 0 unspecified atom stereocenters. The Morgan fingerprint density at radius 1 is 0.731 bits per heavy atom. The summed E-state index contributed by atoms with van der Waals surface area (Å²) >= 11 is 0.993. The second kappa shape index (κ2) is 14.6. The fourth-order valence-corrected chi connectivity index (χ4v) is 19.0. The van der Waals surface area contributed by atoms with Crippen LogP contribution in [0.2, 0.25) is 13.3 Å². The summed E-state index contributed by atoms with van der Waals surface area (Å²) in [5.41, 5.74) is 0. The van der Waals surface area contributed by atoms with E-state index in [1.165, 1.54) is 51.8 Å². The molecule has 0 fully saturated rings. The average Bonchev–Trinajstić information content (AvgIpc) is 2.69. The van der Waals surface area contributed by atoms with Crippen molar-refractivity contribution >= 4 is 38.0 Å². The number of unbranched alkanes of at least 4 members (excludes halogenated alkanes) is 3. The predicted molar refractivity (Wildman–Crippen MR) is 121 cm³/mol. The maximum atomic E-state index is 4.80. The Kier molecular flexibility index (Phi) is 13.3. The SMILES string of the molecule is Brc1ccccn1.CCC[CH2][Sn]([CH2]CCC)([CH2]CCC)[c]1ccccn1. The molecule has 0 aliphatic carbocycles. The van der Waals surface area contributed by atoms with Gasteiger partial charge in [0.1, 0.15) is 4.60 Å². The molecule has 0 aliphatic heterocycles. The second-order valence-corrected chi connectivity index (χ2v) is 20.8. The molecule has 0 aliphatic rings. The number of hydrogen-bond donors (Lipinski definition) is 0. The van der Waals surface area contributed by atoms with E-state index in [-0.39, 0.29) is 0 Å². The van der Waals surface area contributed by atoms with Gasteiger partial charge in [-0.2, -0.15) is 0 Å². The van der Waals surface area contributed by atoms with Crippen molar-refractivity contribution in [2.75, 3.05) is 0 Å². The van der Waals surface area contributed by atoms with Gasteiger partial charge in [-0.3, -0.25) is 0 Å². The summed E-state index contributed by atoms with van der Waals surface area (Å²) in [6.07, 6.45) is 12.0. The van der Waals surface area contributed by atoms with Gasteiger partial charge in [-0.1, -0.05) is 6.07 Å². The molecule has 26 heavy (non-hydrogen) atoms. The molecule has 0 bridgehead atoms. The van der Waals surface area contributed by atoms with Crippen molar-refractivity contribution in [1.82, 2.24) is 9.97 Å². The Bertz CT molecular complexity index is 541. The molecule has 0 spiro atoms. The molecule has 2 heterocycles. The van der Waals surface area contributed by atoms with E-state index in [2.05, 4.69) is 59.9 Å². The van der Waals surface area contributed by atoms with Crippen molar-refractivity contribution < 1.29 is 0 Å². The van der Waals surface area contributed by atoms with Crippen LogP contribution in [0.25, 0.3) is 0 Å². The van der Waals surface area contributed by atoms with Crippen molar-refractivity contribution in [2.24, 2.45) is 0 Å². The predicted octanol–water partition coefficient (Wildman–Crippen LogP) is 6.98. The Labute approximate surface area is 173 Å². The van der Waals surface area contributed by atoms with Gasteiger partial charge >= 0.3 is 124 Å². The van der Waals surface area contributed by atoms with Gasteiger partial charge in [-0.15, -0.1) is 0 Å². The minimum absolute atomic E-state index is 0.884. The monoisotopic (exact) mass is 526 g/mol. The third kappa shape index (κ3) is 8.98. The average molecular weight is 526 g/mol. The summed E-state index contributed by atoms with van der Waals surface area (Å²) in [6, 6.07) is 12.3. The molecule has 0 saturated heterocycles. The van der Waals surface area contributed by atoms with Gasteiger partial charge in [-0.25, -0.2) is 4.98 Å². The van der Waals surface area contributed by atoms with Crippen molar-refractivity contribution in [2.45, 2.75) is 72.6 Å². The van der Waals surface area contributed by atoms with Crippen LogP contribution in [-0.4, -0.2) is 28.3 Å². The van der Waals surface area contributed by atoms with E-state index in [1.807, 2.05) is 24.4 Å². The van der Waals surface area contributed by atoms with Gasteiger partial charge in [0.05, 0.1) is 0 Å². The molecule has 0 amide bonds. The fourth-order valence-electron chi connectivity index (χ4n) is 3.32. The van der Waals surface area contributed by atoms with E-state index in [9.17, 15) is 0 Å². The third-order valence-corrected chi connectivity index (χ3v) is 20.5. The van der Waals surface area contributed by atoms with Gasteiger partial charge in [0.2, 0.25) is 0 Å². The van der Waals surface area contributed by atoms with Crippen LogP contribution in [0, 0.1) is 0 Å². The maximum absolute atomic E-state index is 4.80. The number of halogens is 1. The summed E-state index contributed by atoms with van der Waals surface area (Å²) in [5, 5.41) is 0. The first kappa shape index (κ1) is 23.6. The standard InChI is InChI=1S/C5H4BrN.C5H4N.3C4H9.Sn/c6-5-3-1-2-4-7-5;1-2-4-6-5-3-1;3*1-3-4-2;/h1-4H;1-4H;3*1,3-4H2,2H3;. The molecular formula is C22H35BrN2Sn. The number of aromatic nitrogens is 2. The van der Waals surface area contributed by atoms with Crippen LogP contribution in [-0.2, 0) is 0 Å². The topological polar surface area (TPSA) is 25.8 Å². The van der Waals surface area contributed by atoms with Crippen LogP contribution in [0.3, 0.4) is 0 Å². The third-order valence-electron chi connectivity index (χ3n) is 4.86. The zero-order chi connectivity index (χ0) is 19.1. The fraction of sp³-hybridized carbons (Fsp3) is 0.545. The summed E-state index contributed by atoms with van der Waals surface area (Å²) in [4.78, 5) is 8.70. The number of rotatable bonds is 10. The normalized spacial score (nSPS) is 10.9.